The molecule has 1 aromatic heterocycles. The number of rotatable bonds is 4. The molecule has 0 aliphatic heterocycles. The average molecular weight is 195 g/mol. The maximum absolute atomic E-state index is 5.30. The van der Waals surface area contributed by atoms with Crippen molar-refractivity contribution >= 4 is 0 Å². The Balaban J connectivity index is 2.30. The molecule has 1 saturated carbocycles. The lowest BCUT2D eigenvalue weighted by molar-refractivity contribution is 0.390. The quantitative estimate of drug-likeness (QED) is 0.782. The second-order valence-electron chi connectivity index (χ2n) is 3.83. The van der Waals surface area contributed by atoms with Gasteiger partial charge < -0.3 is 10.1 Å². The van der Waals surface area contributed by atoms with Crippen LogP contribution < -0.4 is 10.1 Å². The molecule has 1 atom stereocenters. The molecule has 4 nitrogen and oxygen atoms in total. The molecule has 78 valence electrons. The van der Waals surface area contributed by atoms with Crippen LogP contribution in [0.1, 0.15) is 24.6 Å². The monoisotopic (exact) mass is 195 g/mol. The molecule has 1 fully saturated rings. The van der Waals surface area contributed by atoms with Crippen molar-refractivity contribution in [2.75, 3.05) is 14.2 Å². The van der Waals surface area contributed by atoms with Crippen LogP contribution in [0.25, 0.3) is 0 Å². The van der Waals surface area contributed by atoms with Crippen molar-refractivity contribution in [1.82, 2.24) is 15.1 Å². The van der Waals surface area contributed by atoms with E-state index in [9.17, 15) is 0 Å². The summed E-state index contributed by atoms with van der Waals surface area (Å²) in [7, 11) is 5.65. The molecule has 1 aromatic rings. The Morgan fingerprint density at radius 2 is 2.36 bits per heavy atom. The van der Waals surface area contributed by atoms with Crippen LogP contribution in [0, 0.1) is 5.92 Å². The van der Waals surface area contributed by atoms with Crippen molar-refractivity contribution < 1.29 is 4.74 Å². The predicted molar refractivity (Wildman–Crippen MR) is 54.3 cm³/mol. The Morgan fingerprint density at radius 3 is 2.86 bits per heavy atom. The maximum Gasteiger partial charge on any atom is 0.161 e. The van der Waals surface area contributed by atoms with E-state index in [0.717, 1.165) is 17.4 Å². The van der Waals surface area contributed by atoms with Gasteiger partial charge in [0.15, 0.2) is 5.75 Å². The summed E-state index contributed by atoms with van der Waals surface area (Å²) in [6.07, 6.45) is 4.39. The van der Waals surface area contributed by atoms with Crippen molar-refractivity contribution in [2.45, 2.75) is 18.9 Å². The summed E-state index contributed by atoms with van der Waals surface area (Å²) >= 11 is 0. The number of methoxy groups -OCH3 is 1. The van der Waals surface area contributed by atoms with Gasteiger partial charge in [-0.25, -0.2) is 0 Å². The summed E-state index contributed by atoms with van der Waals surface area (Å²) in [5.41, 5.74) is 1.16. The fraction of sp³-hybridized carbons (Fsp3) is 0.700. The first-order valence-corrected chi connectivity index (χ1v) is 5.01. The Kier molecular flexibility index (Phi) is 2.46. The van der Waals surface area contributed by atoms with Crippen molar-refractivity contribution in [2.24, 2.45) is 13.0 Å². The van der Waals surface area contributed by atoms with Crippen LogP contribution in [0.15, 0.2) is 6.20 Å². The van der Waals surface area contributed by atoms with Gasteiger partial charge in [0.1, 0.15) is 0 Å². The van der Waals surface area contributed by atoms with Crippen LogP contribution in [0.4, 0.5) is 0 Å². The van der Waals surface area contributed by atoms with Gasteiger partial charge in [0, 0.05) is 7.05 Å². The van der Waals surface area contributed by atoms with E-state index in [4.69, 9.17) is 4.74 Å². The normalized spacial score (nSPS) is 18.2. The molecule has 1 aliphatic rings. The summed E-state index contributed by atoms with van der Waals surface area (Å²) in [6, 6.07) is 0.387. The zero-order valence-corrected chi connectivity index (χ0v) is 8.95. The van der Waals surface area contributed by atoms with E-state index in [-0.39, 0.29) is 0 Å². The molecule has 4 heteroatoms. The minimum Gasteiger partial charge on any atom is -0.493 e. The fourth-order valence-corrected chi connectivity index (χ4v) is 1.96. The van der Waals surface area contributed by atoms with E-state index in [1.165, 1.54) is 12.8 Å². The minimum absolute atomic E-state index is 0.387. The largest absolute Gasteiger partial charge is 0.493 e. The van der Waals surface area contributed by atoms with Gasteiger partial charge in [-0.2, -0.15) is 5.10 Å². The highest BCUT2D eigenvalue weighted by Crippen LogP contribution is 2.42. The van der Waals surface area contributed by atoms with Crippen LogP contribution in [0.2, 0.25) is 0 Å². The highest BCUT2D eigenvalue weighted by molar-refractivity contribution is 5.29. The van der Waals surface area contributed by atoms with Gasteiger partial charge in [-0.15, -0.1) is 0 Å². The van der Waals surface area contributed by atoms with Gasteiger partial charge in [-0.1, -0.05) is 0 Å². The molecular formula is C10H17N3O. The molecule has 14 heavy (non-hydrogen) atoms. The molecule has 0 saturated heterocycles. The van der Waals surface area contributed by atoms with Gasteiger partial charge >= 0.3 is 0 Å². The van der Waals surface area contributed by atoms with Crippen LogP contribution in [-0.2, 0) is 7.05 Å². The molecule has 1 unspecified atom stereocenters. The van der Waals surface area contributed by atoms with Crippen LogP contribution in [-0.4, -0.2) is 23.9 Å². The number of ether oxygens (including phenoxy) is 1. The number of nitrogens with one attached hydrogen (secondary N) is 1. The number of hydrogen-bond acceptors (Lipinski definition) is 3. The molecule has 0 bridgehead atoms. The van der Waals surface area contributed by atoms with Crippen LogP contribution in [0.5, 0.6) is 5.75 Å². The van der Waals surface area contributed by atoms with E-state index in [1.54, 1.807) is 13.3 Å². The molecule has 1 aliphatic carbocycles. The van der Waals surface area contributed by atoms with E-state index < -0.39 is 0 Å². The number of aromatic nitrogens is 2. The van der Waals surface area contributed by atoms with Gasteiger partial charge in [0.2, 0.25) is 0 Å². The number of nitrogens with zero attached hydrogens (tertiary/aromatic N) is 2. The Hall–Kier alpha value is -1.03. The fourth-order valence-electron chi connectivity index (χ4n) is 1.96. The molecule has 0 radical (unpaired) electrons. The number of aryl methyl sites for hydroxylation is 1. The van der Waals surface area contributed by atoms with E-state index >= 15 is 0 Å². The summed E-state index contributed by atoms with van der Waals surface area (Å²) in [4.78, 5) is 0. The first-order chi connectivity index (χ1) is 6.77. The predicted octanol–water partition coefficient (Wildman–Crippen LogP) is 1.10. The third kappa shape index (κ3) is 1.50. The average Bonchev–Trinajstić information content (AvgIpc) is 2.95. The Labute approximate surface area is 84.3 Å². The zero-order chi connectivity index (χ0) is 10.1. The second kappa shape index (κ2) is 3.61. The SMILES string of the molecule is CNC(c1c(OC)cnn1C)C1CC1. The minimum atomic E-state index is 0.387. The van der Waals surface area contributed by atoms with Gasteiger partial charge in [-0.3, -0.25) is 4.68 Å². The molecule has 2 rings (SSSR count). The third-order valence-corrected chi connectivity index (χ3v) is 2.87. The van der Waals surface area contributed by atoms with E-state index in [2.05, 4.69) is 10.4 Å². The van der Waals surface area contributed by atoms with Crippen LogP contribution in [0.3, 0.4) is 0 Å². The Morgan fingerprint density at radius 1 is 1.64 bits per heavy atom. The third-order valence-electron chi connectivity index (χ3n) is 2.87. The van der Waals surface area contributed by atoms with Crippen molar-refractivity contribution in [1.29, 1.82) is 0 Å². The summed E-state index contributed by atoms with van der Waals surface area (Å²) in [6.45, 7) is 0. The summed E-state index contributed by atoms with van der Waals surface area (Å²) in [5, 5.41) is 7.56. The lowest BCUT2D eigenvalue weighted by Crippen LogP contribution is -2.21. The lowest BCUT2D eigenvalue weighted by atomic mass is 10.1. The van der Waals surface area contributed by atoms with Crippen LogP contribution >= 0.6 is 0 Å². The van der Waals surface area contributed by atoms with E-state index in [1.807, 2.05) is 18.8 Å². The lowest BCUT2D eigenvalue weighted by Gasteiger charge is -2.16. The first-order valence-electron chi connectivity index (χ1n) is 5.01. The molecule has 0 amide bonds. The topological polar surface area (TPSA) is 39.1 Å². The molecule has 1 N–H and O–H groups in total. The summed E-state index contributed by atoms with van der Waals surface area (Å²) < 4.78 is 7.20. The molecule has 1 heterocycles. The van der Waals surface area contributed by atoms with Gasteiger partial charge in [-0.05, 0) is 25.8 Å². The highest BCUT2D eigenvalue weighted by Gasteiger charge is 2.34. The zero-order valence-electron chi connectivity index (χ0n) is 8.95. The van der Waals surface area contributed by atoms with Crippen molar-refractivity contribution in [3.8, 4) is 5.75 Å². The first kappa shape index (κ1) is 9.52. The Bertz CT molecular complexity index is 317. The van der Waals surface area contributed by atoms with Crippen molar-refractivity contribution in [3.05, 3.63) is 11.9 Å². The number of hydrogen-bond donors (Lipinski definition) is 1. The summed E-state index contributed by atoms with van der Waals surface area (Å²) in [5.74, 6) is 1.64. The van der Waals surface area contributed by atoms with Gasteiger partial charge in [0.05, 0.1) is 25.0 Å². The van der Waals surface area contributed by atoms with Crippen molar-refractivity contribution in [3.63, 3.8) is 0 Å². The molecular weight excluding hydrogens is 178 g/mol. The molecule has 0 spiro atoms. The maximum atomic E-state index is 5.30. The molecule has 0 aromatic carbocycles. The standard InChI is InChI=1S/C10H17N3O/c1-11-9(7-4-5-7)10-8(14-3)6-12-13(10)2/h6-7,9,11H,4-5H2,1-3H3. The highest BCUT2D eigenvalue weighted by atomic mass is 16.5. The van der Waals surface area contributed by atoms with E-state index in [0.29, 0.717) is 6.04 Å². The van der Waals surface area contributed by atoms with Gasteiger partial charge in [0.25, 0.3) is 0 Å². The second-order valence-corrected chi connectivity index (χ2v) is 3.83. The smallest absolute Gasteiger partial charge is 0.161 e.